The number of nitrogens with zero attached hydrogens (tertiary/aromatic N) is 3. The summed E-state index contributed by atoms with van der Waals surface area (Å²) < 4.78 is 39.7. The smallest absolute Gasteiger partial charge is 0.398 e. The van der Waals surface area contributed by atoms with E-state index in [4.69, 9.17) is 5.73 Å². The molecule has 0 unspecified atom stereocenters. The molecule has 3 N–H and O–H groups in total. The van der Waals surface area contributed by atoms with Crippen molar-refractivity contribution in [3.05, 3.63) is 42.4 Å². The van der Waals surface area contributed by atoms with Crippen molar-refractivity contribution in [3.63, 3.8) is 0 Å². The zero-order chi connectivity index (χ0) is 19.1. The zero-order valence-corrected chi connectivity index (χ0v) is 14.4. The maximum atomic E-state index is 12.7. The van der Waals surface area contributed by atoms with Gasteiger partial charge in [-0.25, -0.2) is 0 Å². The van der Waals surface area contributed by atoms with E-state index in [2.05, 4.69) is 10.1 Å². The van der Waals surface area contributed by atoms with Gasteiger partial charge in [0.15, 0.2) is 0 Å². The highest BCUT2D eigenvalue weighted by Gasteiger charge is 2.32. The first-order valence-corrected chi connectivity index (χ1v) is 8.06. The summed E-state index contributed by atoms with van der Waals surface area (Å²) in [6.45, 7) is 3.99. The van der Waals surface area contributed by atoms with Crippen LogP contribution < -0.4 is 5.73 Å². The molecule has 0 aliphatic heterocycles. The number of halogens is 3. The van der Waals surface area contributed by atoms with Crippen molar-refractivity contribution in [2.24, 2.45) is 0 Å². The van der Waals surface area contributed by atoms with Crippen LogP contribution in [0.5, 0.6) is 0 Å². The van der Waals surface area contributed by atoms with Crippen LogP contribution in [0.15, 0.2) is 36.7 Å². The SMILES string of the molecule is CC(C)(O)CCn1cc2cc(N)c(-c3ccc(C(F)(F)F)nc3)cc2n1. The van der Waals surface area contributed by atoms with Crippen LogP contribution in [-0.2, 0) is 12.7 Å². The molecule has 0 atom stereocenters. The van der Waals surface area contributed by atoms with Gasteiger partial charge in [0.25, 0.3) is 0 Å². The lowest BCUT2D eigenvalue weighted by Gasteiger charge is -2.16. The fourth-order valence-corrected chi connectivity index (χ4v) is 2.61. The lowest BCUT2D eigenvalue weighted by atomic mass is 10.0. The topological polar surface area (TPSA) is 77.0 Å². The van der Waals surface area contributed by atoms with Gasteiger partial charge in [-0.3, -0.25) is 9.67 Å². The van der Waals surface area contributed by atoms with Gasteiger partial charge in [-0.05, 0) is 38.5 Å². The number of hydrogen-bond donors (Lipinski definition) is 2. The summed E-state index contributed by atoms with van der Waals surface area (Å²) in [7, 11) is 0. The largest absolute Gasteiger partial charge is 0.433 e. The Morgan fingerprint density at radius 1 is 1.19 bits per heavy atom. The third-order valence-corrected chi connectivity index (χ3v) is 4.04. The molecule has 3 aromatic rings. The number of fused-ring (bicyclic) bond motifs is 1. The van der Waals surface area contributed by atoms with Crippen molar-refractivity contribution in [3.8, 4) is 11.1 Å². The number of pyridine rings is 1. The minimum atomic E-state index is -4.48. The number of aromatic nitrogens is 3. The van der Waals surface area contributed by atoms with Gasteiger partial charge < -0.3 is 10.8 Å². The Morgan fingerprint density at radius 3 is 2.50 bits per heavy atom. The zero-order valence-electron chi connectivity index (χ0n) is 14.4. The number of rotatable bonds is 4. The molecule has 26 heavy (non-hydrogen) atoms. The van der Waals surface area contributed by atoms with Crippen LogP contribution in [0.1, 0.15) is 26.0 Å². The third-order valence-electron chi connectivity index (χ3n) is 4.04. The molecule has 0 saturated heterocycles. The van der Waals surface area contributed by atoms with E-state index >= 15 is 0 Å². The minimum Gasteiger partial charge on any atom is -0.398 e. The van der Waals surface area contributed by atoms with E-state index in [1.165, 1.54) is 6.07 Å². The van der Waals surface area contributed by atoms with Crippen LogP contribution in [0.2, 0.25) is 0 Å². The number of anilines is 1. The molecule has 0 saturated carbocycles. The number of aryl methyl sites for hydroxylation is 1. The van der Waals surface area contributed by atoms with Gasteiger partial charge in [0.2, 0.25) is 0 Å². The van der Waals surface area contributed by atoms with E-state index in [1.807, 2.05) is 6.20 Å². The van der Waals surface area contributed by atoms with Crippen LogP contribution >= 0.6 is 0 Å². The van der Waals surface area contributed by atoms with Crippen LogP contribution in [0.25, 0.3) is 22.0 Å². The number of nitrogens with two attached hydrogens (primary N) is 1. The third kappa shape index (κ3) is 3.96. The Kier molecular flexibility index (Phi) is 4.39. The molecule has 2 aromatic heterocycles. The standard InChI is InChI=1S/C18H19F3N4O/c1-17(2,26)5-6-25-10-12-7-14(22)13(8-15(12)24-25)11-3-4-16(23-9-11)18(19,20)21/h3-4,7-10,26H,5-6,22H2,1-2H3. The van der Waals surface area contributed by atoms with Gasteiger partial charge in [-0.1, -0.05) is 6.07 Å². The van der Waals surface area contributed by atoms with Crippen molar-refractivity contribution in [1.29, 1.82) is 0 Å². The maximum absolute atomic E-state index is 12.7. The fourth-order valence-electron chi connectivity index (χ4n) is 2.61. The first-order valence-electron chi connectivity index (χ1n) is 8.06. The van der Waals surface area contributed by atoms with E-state index < -0.39 is 17.5 Å². The van der Waals surface area contributed by atoms with E-state index in [9.17, 15) is 18.3 Å². The lowest BCUT2D eigenvalue weighted by molar-refractivity contribution is -0.141. The fraction of sp³-hybridized carbons (Fsp3) is 0.333. The van der Waals surface area contributed by atoms with E-state index in [0.717, 1.165) is 17.6 Å². The molecule has 0 radical (unpaired) electrons. The minimum absolute atomic E-state index is 0.432. The van der Waals surface area contributed by atoms with E-state index in [1.54, 1.807) is 30.7 Å². The predicted octanol–water partition coefficient (Wildman–Crippen LogP) is 3.86. The second-order valence-electron chi connectivity index (χ2n) is 6.88. The molecule has 0 bridgehead atoms. The van der Waals surface area contributed by atoms with Gasteiger partial charge in [-0.15, -0.1) is 0 Å². The number of alkyl halides is 3. The van der Waals surface area contributed by atoms with Crippen molar-refractivity contribution in [2.75, 3.05) is 5.73 Å². The Morgan fingerprint density at radius 2 is 1.92 bits per heavy atom. The summed E-state index contributed by atoms with van der Waals surface area (Å²) in [4.78, 5) is 3.48. The molecule has 138 valence electrons. The second-order valence-corrected chi connectivity index (χ2v) is 6.88. The molecule has 0 fully saturated rings. The molecular formula is C18H19F3N4O. The van der Waals surface area contributed by atoms with Crippen LogP contribution in [0.4, 0.5) is 18.9 Å². The van der Waals surface area contributed by atoms with Gasteiger partial charge in [-0.2, -0.15) is 18.3 Å². The summed E-state index contributed by atoms with van der Waals surface area (Å²) >= 11 is 0. The normalized spacial score (nSPS) is 12.7. The first-order chi connectivity index (χ1) is 12.0. The van der Waals surface area contributed by atoms with Gasteiger partial charge in [0.05, 0.1) is 11.1 Å². The summed E-state index contributed by atoms with van der Waals surface area (Å²) in [5, 5.41) is 15.1. The number of aliphatic hydroxyl groups is 1. The Bertz CT molecular complexity index is 924. The summed E-state index contributed by atoms with van der Waals surface area (Å²) in [5.74, 6) is 0. The average Bonchev–Trinajstić information content (AvgIpc) is 2.92. The number of benzene rings is 1. The summed E-state index contributed by atoms with van der Waals surface area (Å²) in [6.07, 6.45) is -0.961. The van der Waals surface area contributed by atoms with Crippen LogP contribution in [0.3, 0.4) is 0 Å². The molecule has 0 spiro atoms. The van der Waals surface area contributed by atoms with Crippen molar-refractivity contribution in [1.82, 2.24) is 14.8 Å². The highest BCUT2D eigenvalue weighted by molar-refractivity contribution is 5.91. The molecule has 0 amide bonds. The van der Waals surface area contributed by atoms with Crippen LogP contribution in [-0.4, -0.2) is 25.5 Å². The number of hydrogen-bond acceptors (Lipinski definition) is 4. The molecule has 2 heterocycles. The molecule has 3 rings (SSSR count). The van der Waals surface area contributed by atoms with Crippen molar-refractivity contribution >= 4 is 16.6 Å². The van der Waals surface area contributed by atoms with E-state index in [0.29, 0.717) is 35.3 Å². The monoisotopic (exact) mass is 364 g/mol. The Labute approximate surface area is 148 Å². The molecule has 1 aromatic carbocycles. The average molecular weight is 364 g/mol. The van der Waals surface area contributed by atoms with Gasteiger partial charge in [0.1, 0.15) is 5.69 Å². The molecule has 8 heteroatoms. The van der Waals surface area contributed by atoms with Gasteiger partial charge >= 0.3 is 6.18 Å². The second kappa shape index (κ2) is 6.28. The van der Waals surface area contributed by atoms with Crippen molar-refractivity contribution < 1.29 is 18.3 Å². The highest BCUT2D eigenvalue weighted by atomic mass is 19.4. The summed E-state index contributed by atoms with van der Waals surface area (Å²) in [5.41, 5.74) is 6.49. The first kappa shape index (κ1) is 18.2. The molecule has 0 aliphatic carbocycles. The molecular weight excluding hydrogens is 345 g/mol. The Balaban J connectivity index is 1.93. The quantitative estimate of drug-likeness (QED) is 0.689. The summed E-state index contributed by atoms with van der Waals surface area (Å²) in [6, 6.07) is 5.74. The van der Waals surface area contributed by atoms with Crippen LogP contribution in [0, 0.1) is 0 Å². The molecule has 5 nitrogen and oxygen atoms in total. The number of nitrogen functional groups attached to an aromatic ring is 1. The molecule has 0 aliphatic rings. The highest BCUT2D eigenvalue weighted by Crippen LogP contribution is 2.32. The lowest BCUT2D eigenvalue weighted by Crippen LogP contribution is -2.21. The van der Waals surface area contributed by atoms with Gasteiger partial charge in [0, 0.05) is 41.1 Å². The van der Waals surface area contributed by atoms with E-state index in [-0.39, 0.29) is 0 Å². The maximum Gasteiger partial charge on any atom is 0.433 e. The van der Waals surface area contributed by atoms with Crippen molar-refractivity contribution in [2.45, 2.75) is 38.6 Å². The Hall–Kier alpha value is -2.61. The predicted molar refractivity (Wildman–Crippen MR) is 93.3 cm³/mol.